The number of amides is 3. The molecule has 0 N–H and O–H groups in total. The van der Waals surface area contributed by atoms with E-state index in [1.165, 1.54) is 0 Å². The summed E-state index contributed by atoms with van der Waals surface area (Å²) in [7, 11) is 3.61. The number of hydrogen-bond acceptors (Lipinski definition) is 3. The van der Waals surface area contributed by atoms with Gasteiger partial charge in [0, 0.05) is 52.1 Å². The molecule has 2 fully saturated rings. The van der Waals surface area contributed by atoms with Crippen molar-refractivity contribution in [1.82, 2.24) is 14.7 Å². The highest BCUT2D eigenvalue weighted by atomic mass is 16.5. The molecule has 1 aromatic carbocycles. The highest BCUT2D eigenvalue weighted by molar-refractivity contribution is 5.78. The first-order chi connectivity index (χ1) is 13.9. The van der Waals surface area contributed by atoms with E-state index in [1.807, 2.05) is 54.0 Å². The first-order valence-electron chi connectivity index (χ1n) is 10.8. The predicted molar refractivity (Wildman–Crippen MR) is 114 cm³/mol. The Morgan fingerprint density at radius 3 is 2.31 bits per heavy atom. The minimum Gasteiger partial charge on any atom is -0.493 e. The molecule has 3 amide bonds. The number of urea groups is 1. The topological polar surface area (TPSA) is 53.1 Å². The number of carbonyl (C=O) groups excluding carboxylic acids is 2. The number of para-hydroxylation sites is 1. The highest BCUT2D eigenvalue weighted by Crippen LogP contribution is 2.36. The molecule has 160 valence electrons. The molecular weight excluding hydrogens is 366 g/mol. The van der Waals surface area contributed by atoms with Gasteiger partial charge >= 0.3 is 6.03 Å². The molecule has 29 heavy (non-hydrogen) atoms. The summed E-state index contributed by atoms with van der Waals surface area (Å²) < 4.78 is 6.07. The van der Waals surface area contributed by atoms with Crippen LogP contribution in [0, 0.1) is 23.7 Å². The third-order valence-electron chi connectivity index (χ3n) is 6.30. The summed E-state index contributed by atoms with van der Waals surface area (Å²) in [6.45, 7) is 7.72. The maximum absolute atomic E-state index is 12.6. The lowest BCUT2D eigenvalue weighted by Crippen LogP contribution is -2.43. The van der Waals surface area contributed by atoms with Gasteiger partial charge < -0.3 is 19.4 Å². The van der Waals surface area contributed by atoms with Crippen LogP contribution in [0.3, 0.4) is 0 Å². The van der Waals surface area contributed by atoms with Gasteiger partial charge in [-0.3, -0.25) is 4.79 Å². The third kappa shape index (κ3) is 5.22. The van der Waals surface area contributed by atoms with E-state index in [0.717, 1.165) is 44.8 Å². The average molecular weight is 402 g/mol. The fraction of sp³-hybridized carbons (Fsp3) is 0.652. The third-order valence-corrected chi connectivity index (χ3v) is 6.30. The Morgan fingerprint density at radius 1 is 1.07 bits per heavy atom. The van der Waals surface area contributed by atoms with Crippen molar-refractivity contribution in [3.05, 3.63) is 30.3 Å². The molecule has 0 aliphatic carbocycles. The number of benzene rings is 1. The van der Waals surface area contributed by atoms with Crippen LogP contribution in [0.5, 0.6) is 5.75 Å². The maximum atomic E-state index is 12.6. The summed E-state index contributed by atoms with van der Waals surface area (Å²) in [6, 6.07) is 9.96. The smallest absolute Gasteiger partial charge is 0.319 e. The quantitative estimate of drug-likeness (QED) is 0.761. The van der Waals surface area contributed by atoms with Gasteiger partial charge in [0.25, 0.3) is 0 Å². The zero-order chi connectivity index (χ0) is 21.0. The second-order valence-electron chi connectivity index (χ2n) is 8.95. The summed E-state index contributed by atoms with van der Waals surface area (Å²) in [5.41, 5.74) is 0. The molecule has 6 nitrogen and oxygen atoms in total. The Kier molecular flexibility index (Phi) is 7.04. The standard InChI is InChI=1S/C23H35N3O3/c1-17(2)22(27)25-12-10-18(11-13-25)21-15-26(23(28)24(3)4)14-19(21)16-29-20-8-6-5-7-9-20/h5-9,17-19,21H,10-16H2,1-4H3/t19-,21-/m0/s1. The van der Waals surface area contributed by atoms with Crippen molar-refractivity contribution in [2.24, 2.45) is 23.7 Å². The van der Waals surface area contributed by atoms with Gasteiger partial charge in [0.2, 0.25) is 5.91 Å². The molecule has 0 saturated carbocycles. The van der Waals surface area contributed by atoms with Gasteiger partial charge in [-0.2, -0.15) is 0 Å². The van der Waals surface area contributed by atoms with Gasteiger partial charge in [-0.25, -0.2) is 4.79 Å². The van der Waals surface area contributed by atoms with Crippen molar-refractivity contribution in [3.63, 3.8) is 0 Å². The molecule has 2 atom stereocenters. The van der Waals surface area contributed by atoms with Crippen LogP contribution in [0.25, 0.3) is 0 Å². The van der Waals surface area contributed by atoms with E-state index in [4.69, 9.17) is 4.74 Å². The second kappa shape index (κ2) is 9.51. The van der Waals surface area contributed by atoms with Crippen LogP contribution >= 0.6 is 0 Å². The van der Waals surface area contributed by atoms with Crippen LogP contribution in [-0.4, -0.2) is 73.5 Å². The van der Waals surface area contributed by atoms with Crippen LogP contribution in [0.15, 0.2) is 30.3 Å². The first-order valence-corrected chi connectivity index (χ1v) is 10.8. The SMILES string of the molecule is CC(C)C(=O)N1CCC([C@@H]2CN(C(=O)N(C)C)C[C@H]2COc2ccccc2)CC1. The minimum atomic E-state index is 0.0539. The number of hydrogen-bond donors (Lipinski definition) is 0. The van der Waals surface area contributed by atoms with E-state index in [0.29, 0.717) is 24.4 Å². The minimum absolute atomic E-state index is 0.0539. The Hall–Kier alpha value is -2.24. The number of nitrogens with zero attached hydrogens (tertiary/aromatic N) is 3. The monoisotopic (exact) mass is 401 g/mol. The van der Waals surface area contributed by atoms with Crippen LogP contribution in [0.2, 0.25) is 0 Å². The summed E-state index contributed by atoms with van der Waals surface area (Å²) in [6.07, 6.45) is 2.02. The van der Waals surface area contributed by atoms with Gasteiger partial charge in [0.1, 0.15) is 5.75 Å². The summed E-state index contributed by atoms with van der Waals surface area (Å²) in [5.74, 6) is 2.44. The van der Waals surface area contributed by atoms with Crippen molar-refractivity contribution in [2.45, 2.75) is 26.7 Å². The molecule has 2 aliphatic heterocycles. The lowest BCUT2D eigenvalue weighted by atomic mass is 9.78. The van der Waals surface area contributed by atoms with Gasteiger partial charge in [-0.05, 0) is 36.8 Å². The van der Waals surface area contributed by atoms with Crippen LogP contribution in [0.4, 0.5) is 4.79 Å². The molecule has 0 spiro atoms. The number of ether oxygens (including phenoxy) is 1. The Morgan fingerprint density at radius 2 is 1.72 bits per heavy atom. The fourth-order valence-electron chi connectivity index (χ4n) is 4.68. The lowest BCUT2D eigenvalue weighted by molar-refractivity contribution is -0.136. The van der Waals surface area contributed by atoms with Gasteiger partial charge in [-0.15, -0.1) is 0 Å². The predicted octanol–water partition coefficient (Wildman–Crippen LogP) is 3.19. The highest BCUT2D eigenvalue weighted by Gasteiger charge is 2.41. The molecule has 6 heteroatoms. The van der Waals surface area contributed by atoms with Crippen molar-refractivity contribution in [3.8, 4) is 5.75 Å². The maximum Gasteiger partial charge on any atom is 0.319 e. The summed E-state index contributed by atoms with van der Waals surface area (Å²) >= 11 is 0. The molecule has 2 saturated heterocycles. The van der Waals surface area contributed by atoms with Crippen molar-refractivity contribution < 1.29 is 14.3 Å². The Bertz CT molecular complexity index is 684. The molecule has 3 rings (SSSR count). The Labute approximate surface area is 174 Å². The molecule has 0 bridgehead atoms. The van der Waals surface area contributed by atoms with Gasteiger partial charge in [0.05, 0.1) is 6.61 Å². The zero-order valence-corrected chi connectivity index (χ0v) is 18.2. The number of likely N-dealkylation sites (tertiary alicyclic amines) is 2. The number of piperidine rings is 1. The van der Waals surface area contributed by atoms with Crippen LogP contribution in [0.1, 0.15) is 26.7 Å². The van der Waals surface area contributed by atoms with E-state index in [-0.39, 0.29) is 17.9 Å². The molecule has 2 aliphatic rings. The molecular formula is C23H35N3O3. The zero-order valence-electron chi connectivity index (χ0n) is 18.2. The lowest BCUT2D eigenvalue weighted by Gasteiger charge is -2.37. The van der Waals surface area contributed by atoms with Crippen molar-refractivity contribution in [1.29, 1.82) is 0 Å². The fourth-order valence-corrected chi connectivity index (χ4v) is 4.68. The normalized spacial score (nSPS) is 22.8. The van der Waals surface area contributed by atoms with E-state index >= 15 is 0 Å². The molecule has 0 unspecified atom stereocenters. The molecule has 0 radical (unpaired) electrons. The number of rotatable bonds is 5. The summed E-state index contributed by atoms with van der Waals surface area (Å²) in [5, 5.41) is 0. The molecule has 1 aromatic rings. The van der Waals surface area contributed by atoms with Crippen molar-refractivity contribution in [2.75, 3.05) is 46.9 Å². The Balaban J connectivity index is 1.64. The van der Waals surface area contributed by atoms with Gasteiger partial charge in [0.15, 0.2) is 0 Å². The van der Waals surface area contributed by atoms with Crippen LogP contribution in [-0.2, 0) is 4.79 Å². The number of carbonyl (C=O) groups is 2. The van der Waals surface area contributed by atoms with E-state index in [9.17, 15) is 9.59 Å². The van der Waals surface area contributed by atoms with E-state index < -0.39 is 0 Å². The van der Waals surface area contributed by atoms with Gasteiger partial charge in [-0.1, -0.05) is 32.0 Å². The average Bonchev–Trinajstić information content (AvgIpc) is 3.16. The second-order valence-corrected chi connectivity index (χ2v) is 8.95. The summed E-state index contributed by atoms with van der Waals surface area (Å²) in [4.78, 5) is 30.5. The van der Waals surface area contributed by atoms with E-state index in [1.54, 1.807) is 19.0 Å². The van der Waals surface area contributed by atoms with Crippen molar-refractivity contribution >= 4 is 11.9 Å². The first kappa shape index (κ1) is 21.5. The largest absolute Gasteiger partial charge is 0.493 e. The molecule has 0 aromatic heterocycles. The molecule has 2 heterocycles. The van der Waals surface area contributed by atoms with E-state index in [2.05, 4.69) is 0 Å². The van der Waals surface area contributed by atoms with Crippen LogP contribution < -0.4 is 4.74 Å².